The summed E-state index contributed by atoms with van der Waals surface area (Å²) in [5.74, 6) is 0. The Bertz CT molecular complexity index is 470. The number of nitrogens with one attached hydrogen (secondary N) is 2. The molecule has 0 aliphatic heterocycles. The minimum absolute atomic E-state index is 0.0243. The number of aliphatic hydroxyl groups excluding tert-OH is 1. The van der Waals surface area contributed by atoms with E-state index in [2.05, 4.69) is 15.6 Å². The van der Waals surface area contributed by atoms with E-state index in [1.54, 1.807) is 0 Å². The summed E-state index contributed by atoms with van der Waals surface area (Å²) >= 11 is 6.05. The fraction of sp³-hybridized carbons (Fsp3) is 0.571. The summed E-state index contributed by atoms with van der Waals surface area (Å²) in [7, 11) is 0. The zero-order chi connectivity index (χ0) is 15.3. The molecule has 0 bridgehead atoms. The van der Waals surface area contributed by atoms with Gasteiger partial charge in [-0.3, -0.25) is 0 Å². The first-order chi connectivity index (χ1) is 9.31. The van der Waals surface area contributed by atoms with Gasteiger partial charge in [0.25, 0.3) is 0 Å². The van der Waals surface area contributed by atoms with Crippen LogP contribution in [0.15, 0.2) is 6.07 Å². The second-order valence-corrected chi connectivity index (χ2v) is 5.57. The summed E-state index contributed by atoms with van der Waals surface area (Å²) in [5, 5.41) is 14.9. The zero-order valence-electron chi connectivity index (χ0n) is 12.4. The predicted octanol–water partition coefficient (Wildman–Crippen LogP) is 3.02. The van der Waals surface area contributed by atoms with Crippen molar-refractivity contribution in [2.75, 3.05) is 11.9 Å². The van der Waals surface area contributed by atoms with E-state index in [-0.39, 0.29) is 17.8 Å². The van der Waals surface area contributed by atoms with Crippen LogP contribution in [0.1, 0.15) is 37.9 Å². The van der Waals surface area contributed by atoms with E-state index in [1.807, 2.05) is 33.8 Å². The van der Waals surface area contributed by atoms with Gasteiger partial charge in [-0.1, -0.05) is 18.5 Å². The van der Waals surface area contributed by atoms with Gasteiger partial charge >= 0.3 is 6.03 Å². The average Bonchev–Trinajstić information content (AvgIpc) is 2.34. The van der Waals surface area contributed by atoms with Gasteiger partial charge in [0.2, 0.25) is 0 Å². The van der Waals surface area contributed by atoms with E-state index >= 15 is 0 Å². The van der Waals surface area contributed by atoms with Crippen LogP contribution in [0.2, 0.25) is 5.15 Å². The Morgan fingerprint density at radius 2 is 2.15 bits per heavy atom. The topological polar surface area (TPSA) is 74.2 Å². The highest BCUT2D eigenvalue weighted by Crippen LogP contribution is 2.24. The molecule has 1 heterocycles. The number of urea groups is 1. The molecule has 0 fully saturated rings. The van der Waals surface area contributed by atoms with Crippen LogP contribution in [0.25, 0.3) is 0 Å². The van der Waals surface area contributed by atoms with Crippen molar-refractivity contribution in [1.29, 1.82) is 0 Å². The molecule has 1 rings (SSSR count). The molecule has 6 heteroatoms. The summed E-state index contributed by atoms with van der Waals surface area (Å²) in [4.78, 5) is 16.2. The number of nitrogens with zero attached hydrogens (tertiary/aromatic N) is 1. The van der Waals surface area contributed by atoms with Crippen LogP contribution in [0.4, 0.5) is 10.5 Å². The number of aryl methyl sites for hydroxylation is 2. The van der Waals surface area contributed by atoms with Crippen molar-refractivity contribution >= 4 is 23.3 Å². The molecule has 0 radical (unpaired) electrons. The summed E-state index contributed by atoms with van der Waals surface area (Å²) < 4.78 is 0. The van der Waals surface area contributed by atoms with Gasteiger partial charge in [-0.15, -0.1) is 0 Å². The van der Waals surface area contributed by atoms with Gasteiger partial charge in [0, 0.05) is 17.8 Å². The Labute approximate surface area is 124 Å². The first-order valence-corrected chi connectivity index (χ1v) is 7.03. The van der Waals surface area contributed by atoms with Gasteiger partial charge in [0.1, 0.15) is 0 Å². The molecule has 1 unspecified atom stereocenters. The second kappa shape index (κ2) is 6.90. The lowest BCUT2D eigenvalue weighted by Gasteiger charge is -2.29. The molecular formula is C14H22ClN3O2. The van der Waals surface area contributed by atoms with Gasteiger partial charge in [0.05, 0.1) is 5.69 Å². The number of halogens is 1. The molecular weight excluding hydrogens is 278 g/mol. The highest BCUT2D eigenvalue weighted by atomic mass is 35.5. The van der Waals surface area contributed by atoms with Crippen LogP contribution < -0.4 is 10.6 Å². The lowest BCUT2D eigenvalue weighted by atomic mass is 9.95. The molecule has 1 atom stereocenters. The third kappa shape index (κ3) is 4.35. The molecule has 5 nitrogen and oxygen atoms in total. The highest BCUT2D eigenvalue weighted by Gasteiger charge is 2.24. The van der Waals surface area contributed by atoms with Gasteiger partial charge in [-0.25, -0.2) is 9.78 Å². The van der Waals surface area contributed by atoms with Crippen molar-refractivity contribution in [3.63, 3.8) is 0 Å². The molecule has 0 saturated carbocycles. The van der Waals surface area contributed by atoms with E-state index in [1.165, 1.54) is 0 Å². The lowest BCUT2D eigenvalue weighted by molar-refractivity contribution is 0.208. The lowest BCUT2D eigenvalue weighted by Crippen LogP contribution is -2.48. The van der Waals surface area contributed by atoms with Crippen LogP contribution >= 0.6 is 11.6 Å². The quantitative estimate of drug-likeness (QED) is 0.732. The first kappa shape index (κ1) is 16.7. The fourth-order valence-corrected chi connectivity index (χ4v) is 2.26. The number of aromatic nitrogens is 1. The highest BCUT2D eigenvalue weighted by molar-refractivity contribution is 6.32. The smallest absolute Gasteiger partial charge is 0.319 e. The normalized spacial score (nSPS) is 13.7. The monoisotopic (exact) mass is 299 g/mol. The Morgan fingerprint density at radius 3 is 2.65 bits per heavy atom. The van der Waals surface area contributed by atoms with Gasteiger partial charge in [-0.05, 0) is 45.2 Å². The molecule has 1 aromatic heterocycles. The molecule has 0 saturated heterocycles. The van der Waals surface area contributed by atoms with Crippen LogP contribution in [-0.4, -0.2) is 28.3 Å². The molecule has 0 aliphatic rings. The van der Waals surface area contributed by atoms with E-state index in [9.17, 15) is 4.79 Å². The summed E-state index contributed by atoms with van der Waals surface area (Å²) in [6.07, 6.45) is 1.22. The van der Waals surface area contributed by atoms with Crippen LogP contribution in [0.3, 0.4) is 0 Å². The van der Waals surface area contributed by atoms with E-state index in [4.69, 9.17) is 16.7 Å². The summed E-state index contributed by atoms with van der Waals surface area (Å²) in [6.45, 7) is 7.59. The largest absolute Gasteiger partial charge is 0.396 e. The predicted molar refractivity (Wildman–Crippen MR) is 81.3 cm³/mol. The maximum atomic E-state index is 12.1. The van der Waals surface area contributed by atoms with E-state index in [0.29, 0.717) is 12.1 Å². The molecule has 0 spiro atoms. The molecule has 1 aromatic rings. The fourth-order valence-electron chi connectivity index (χ4n) is 1.93. The molecule has 112 valence electrons. The van der Waals surface area contributed by atoms with Gasteiger partial charge in [-0.2, -0.15) is 0 Å². The standard InChI is InChI=1S/C14H22ClN3O2/c1-5-14(4,6-7-19)18-13(20)17-11-9(2)8-10(3)16-12(11)15/h8,19H,5-7H2,1-4H3,(H2,17,18,20). The number of carbonyl (C=O) groups is 1. The zero-order valence-corrected chi connectivity index (χ0v) is 13.1. The number of aliphatic hydroxyl groups is 1. The Morgan fingerprint density at radius 1 is 1.50 bits per heavy atom. The maximum absolute atomic E-state index is 12.1. The third-order valence-electron chi connectivity index (χ3n) is 3.40. The molecule has 2 amide bonds. The van der Waals surface area contributed by atoms with Crippen LogP contribution in [0.5, 0.6) is 0 Å². The van der Waals surface area contributed by atoms with Crippen molar-refractivity contribution in [3.8, 4) is 0 Å². The third-order valence-corrected chi connectivity index (χ3v) is 3.67. The maximum Gasteiger partial charge on any atom is 0.319 e. The Hall–Kier alpha value is -1.33. The average molecular weight is 300 g/mol. The van der Waals surface area contributed by atoms with E-state index in [0.717, 1.165) is 17.7 Å². The van der Waals surface area contributed by atoms with Gasteiger partial charge in [0.15, 0.2) is 5.15 Å². The molecule has 0 aromatic carbocycles. The minimum Gasteiger partial charge on any atom is -0.396 e. The SMILES string of the molecule is CCC(C)(CCO)NC(=O)Nc1c(C)cc(C)nc1Cl. The molecule has 3 N–H and O–H groups in total. The molecule has 0 aliphatic carbocycles. The molecule has 20 heavy (non-hydrogen) atoms. The van der Waals surface area contributed by atoms with Crippen molar-refractivity contribution in [2.24, 2.45) is 0 Å². The van der Waals surface area contributed by atoms with E-state index < -0.39 is 5.54 Å². The second-order valence-electron chi connectivity index (χ2n) is 5.21. The minimum atomic E-state index is -0.447. The summed E-state index contributed by atoms with van der Waals surface area (Å²) in [6, 6.07) is 1.51. The number of hydrogen-bond donors (Lipinski definition) is 3. The first-order valence-electron chi connectivity index (χ1n) is 6.65. The van der Waals surface area contributed by atoms with Crippen molar-refractivity contribution in [3.05, 3.63) is 22.5 Å². The van der Waals surface area contributed by atoms with Crippen molar-refractivity contribution in [1.82, 2.24) is 10.3 Å². The van der Waals surface area contributed by atoms with Crippen LogP contribution in [0, 0.1) is 13.8 Å². The number of amides is 2. The van der Waals surface area contributed by atoms with Gasteiger partial charge < -0.3 is 15.7 Å². The number of carbonyl (C=O) groups excluding carboxylic acids is 1. The number of anilines is 1. The number of pyridine rings is 1. The number of hydrogen-bond acceptors (Lipinski definition) is 3. The Kier molecular flexibility index (Phi) is 5.77. The van der Waals surface area contributed by atoms with Crippen LogP contribution in [-0.2, 0) is 0 Å². The number of rotatable bonds is 5. The van der Waals surface area contributed by atoms with Crippen molar-refractivity contribution in [2.45, 2.75) is 46.1 Å². The Balaban J connectivity index is 2.81. The van der Waals surface area contributed by atoms with Crippen molar-refractivity contribution < 1.29 is 9.90 Å². The summed E-state index contributed by atoms with van der Waals surface area (Å²) in [5.41, 5.74) is 1.73.